The molecule has 1 saturated carbocycles. The Morgan fingerprint density at radius 2 is 2.10 bits per heavy atom. The van der Waals surface area contributed by atoms with Gasteiger partial charge in [0.1, 0.15) is 0 Å². The topological polar surface area (TPSA) is 21.3 Å². The van der Waals surface area contributed by atoms with Gasteiger partial charge in [-0.05, 0) is 82.9 Å². The van der Waals surface area contributed by atoms with Crippen LogP contribution in [-0.4, -0.2) is 35.8 Å². The van der Waals surface area contributed by atoms with Crippen LogP contribution < -0.4 is 5.32 Å². The van der Waals surface area contributed by atoms with E-state index in [1.807, 2.05) is 0 Å². The van der Waals surface area contributed by atoms with Gasteiger partial charge >= 0.3 is 0 Å². The molecule has 2 heterocycles. The van der Waals surface area contributed by atoms with Gasteiger partial charge < -0.3 is 10.1 Å². The van der Waals surface area contributed by atoms with Gasteiger partial charge in [0.2, 0.25) is 0 Å². The summed E-state index contributed by atoms with van der Waals surface area (Å²) >= 11 is 2.10. The maximum atomic E-state index is 6.23. The third-order valence-electron chi connectivity index (χ3n) is 5.82. The fraction of sp³-hybridized carbons (Fsp3) is 1.00. The minimum Gasteiger partial charge on any atom is -0.374 e. The molecule has 4 atom stereocenters. The SMILES string of the molecule is CC(C)(C)NCC1CCCC1C1CCOC2(CCSC2)C1. The molecule has 0 amide bonds. The summed E-state index contributed by atoms with van der Waals surface area (Å²) < 4.78 is 6.23. The van der Waals surface area contributed by atoms with Crippen molar-refractivity contribution in [2.45, 2.75) is 70.4 Å². The van der Waals surface area contributed by atoms with E-state index in [-0.39, 0.29) is 11.1 Å². The van der Waals surface area contributed by atoms with E-state index in [9.17, 15) is 0 Å². The van der Waals surface area contributed by atoms with Crippen molar-refractivity contribution in [3.05, 3.63) is 0 Å². The fourth-order valence-corrected chi connectivity index (χ4v) is 6.05. The zero-order valence-corrected chi connectivity index (χ0v) is 14.9. The van der Waals surface area contributed by atoms with E-state index in [1.54, 1.807) is 0 Å². The molecule has 0 aromatic rings. The number of rotatable bonds is 3. The fourth-order valence-electron chi connectivity index (χ4n) is 4.67. The lowest BCUT2D eigenvalue weighted by atomic mass is 9.74. The molecule has 0 radical (unpaired) electrons. The summed E-state index contributed by atoms with van der Waals surface area (Å²) in [7, 11) is 0. The van der Waals surface area contributed by atoms with Crippen LogP contribution in [-0.2, 0) is 4.74 Å². The first-order chi connectivity index (χ1) is 9.98. The van der Waals surface area contributed by atoms with Crippen molar-refractivity contribution in [3.63, 3.8) is 0 Å². The van der Waals surface area contributed by atoms with Gasteiger partial charge in [-0.3, -0.25) is 0 Å². The van der Waals surface area contributed by atoms with Crippen LogP contribution >= 0.6 is 11.8 Å². The molecule has 21 heavy (non-hydrogen) atoms. The van der Waals surface area contributed by atoms with Gasteiger partial charge in [-0.25, -0.2) is 0 Å². The Labute approximate surface area is 135 Å². The van der Waals surface area contributed by atoms with Crippen LogP contribution in [0.5, 0.6) is 0 Å². The summed E-state index contributed by atoms with van der Waals surface area (Å²) in [6.45, 7) is 9.09. The summed E-state index contributed by atoms with van der Waals surface area (Å²) in [4.78, 5) is 0. The summed E-state index contributed by atoms with van der Waals surface area (Å²) in [6.07, 6.45) is 8.29. The molecular formula is C18H33NOS. The number of hydrogen-bond donors (Lipinski definition) is 1. The van der Waals surface area contributed by atoms with Crippen LogP contribution in [0.15, 0.2) is 0 Å². The third-order valence-corrected chi connectivity index (χ3v) is 7.04. The Balaban J connectivity index is 1.59. The Morgan fingerprint density at radius 1 is 1.24 bits per heavy atom. The largest absolute Gasteiger partial charge is 0.374 e. The van der Waals surface area contributed by atoms with Crippen LogP contribution in [0, 0.1) is 17.8 Å². The van der Waals surface area contributed by atoms with Gasteiger partial charge in [-0.2, -0.15) is 11.8 Å². The van der Waals surface area contributed by atoms with Crippen molar-refractivity contribution in [1.82, 2.24) is 5.32 Å². The monoisotopic (exact) mass is 311 g/mol. The van der Waals surface area contributed by atoms with Gasteiger partial charge in [-0.1, -0.05) is 6.42 Å². The molecule has 1 aliphatic carbocycles. The van der Waals surface area contributed by atoms with E-state index in [0.717, 1.165) is 24.4 Å². The highest BCUT2D eigenvalue weighted by atomic mass is 32.2. The molecule has 0 aromatic carbocycles. The molecule has 122 valence electrons. The molecule has 3 heteroatoms. The molecule has 2 saturated heterocycles. The lowest BCUT2D eigenvalue weighted by molar-refractivity contribution is -0.0919. The van der Waals surface area contributed by atoms with E-state index < -0.39 is 0 Å². The molecule has 3 aliphatic rings. The van der Waals surface area contributed by atoms with Crippen molar-refractivity contribution in [1.29, 1.82) is 0 Å². The average molecular weight is 312 g/mol. The average Bonchev–Trinajstić information content (AvgIpc) is 3.05. The molecule has 2 aliphatic heterocycles. The predicted molar refractivity (Wildman–Crippen MR) is 91.9 cm³/mol. The van der Waals surface area contributed by atoms with E-state index in [1.165, 1.54) is 56.6 Å². The van der Waals surface area contributed by atoms with Crippen molar-refractivity contribution in [2.75, 3.05) is 24.7 Å². The van der Waals surface area contributed by atoms with Crippen LogP contribution in [0.1, 0.15) is 59.3 Å². The van der Waals surface area contributed by atoms with Gasteiger partial charge in [0.15, 0.2) is 0 Å². The van der Waals surface area contributed by atoms with Gasteiger partial charge in [-0.15, -0.1) is 0 Å². The molecule has 1 spiro atoms. The van der Waals surface area contributed by atoms with Crippen molar-refractivity contribution >= 4 is 11.8 Å². The molecule has 1 N–H and O–H groups in total. The Morgan fingerprint density at radius 3 is 2.81 bits per heavy atom. The van der Waals surface area contributed by atoms with E-state index >= 15 is 0 Å². The molecular weight excluding hydrogens is 278 g/mol. The van der Waals surface area contributed by atoms with Gasteiger partial charge in [0.25, 0.3) is 0 Å². The lowest BCUT2D eigenvalue weighted by Crippen LogP contribution is -2.44. The Kier molecular flexibility index (Phi) is 4.93. The van der Waals surface area contributed by atoms with Crippen molar-refractivity contribution in [3.8, 4) is 0 Å². The van der Waals surface area contributed by atoms with Crippen LogP contribution in [0.25, 0.3) is 0 Å². The smallest absolute Gasteiger partial charge is 0.0783 e. The minimum absolute atomic E-state index is 0.256. The summed E-state index contributed by atoms with van der Waals surface area (Å²) in [5.74, 6) is 5.34. The number of hydrogen-bond acceptors (Lipinski definition) is 3. The maximum absolute atomic E-state index is 6.23. The normalized spacial score (nSPS) is 41.0. The summed E-state index contributed by atoms with van der Waals surface area (Å²) in [5.41, 5.74) is 0.518. The Bertz CT molecular complexity index is 346. The van der Waals surface area contributed by atoms with E-state index in [2.05, 4.69) is 37.8 Å². The second-order valence-corrected chi connectivity index (χ2v) is 9.68. The zero-order chi connectivity index (χ0) is 14.9. The number of thioether (sulfide) groups is 1. The molecule has 4 unspecified atom stereocenters. The summed E-state index contributed by atoms with van der Waals surface area (Å²) in [6, 6.07) is 0. The second-order valence-electron chi connectivity index (χ2n) is 8.57. The first-order valence-electron chi connectivity index (χ1n) is 8.94. The highest BCUT2D eigenvalue weighted by Crippen LogP contribution is 2.47. The van der Waals surface area contributed by atoms with E-state index in [0.29, 0.717) is 0 Å². The molecule has 3 fully saturated rings. The number of ether oxygens (including phenoxy) is 1. The van der Waals surface area contributed by atoms with E-state index in [4.69, 9.17) is 4.74 Å². The standard InChI is InChI=1S/C18H33NOS/c1-17(2,3)19-12-15-5-4-6-16(15)14-7-9-20-18(11-14)8-10-21-13-18/h14-16,19H,4-13H2,1-3H3. The lowest BCUT2D eigenvalue weighted by Gasteiger charge is -2.42. The van der Waals surface area contributed by atoms with Crippen LogP contribution in [0.3, 0.4) is 0 Å². The predicted octanol–water partition coefficient (Wildman–Crippen LogP) is 4.09. The van der Waals surface area contributed by atoms with Crippen LogP contribution in [0.4, 0.5) is 0 Å². The third kappa shape index (κ3) is 3.97. The first kappa shape index (κ1) is 16.1. The van der Waals surface area contributed by atoms with Gasteiger partial charge in [0.05, 0.1) is 5.60 Å². The molecule has 3 rings (SSSR count). The van der Waals surface area contributed by atoms with Crippen LogP contribution in [0.2, 0.25) is 0 Å². The molecule has 2 nitrogen and oxygen atoms in total. The number of nitrogens with one attached hydrogen (secondary N) is 1. The second kappa shape index (κ2) is 6.41. The molecule has 0 bridgehead atoms. The zero-order valence-electron chi connectivity index (χ0n) is 14.1. The minimum atomic E-state index is 0.256. The van der Waals surface area contributed by atoms with Gasteiger partial charge in [0, 0.05) is 17.9 Å². The maximum Gasteiger partial charge on any atom is 0.0783 e. The quantitative estimate of drug-likeness (QED) is 0.848. The highest BCUT2D eigenvalue weighted by Gasteiger charge is 2.44. The summed E-state index contributed by atoms with van der Waals surface area (Å²) in [5, 5.41) is 3.76. The van der Waals surface area contributed by atoms with Crippen molar-refractivity contribution in [2.24, 2.45) is 17.8 Å². The Hall–Kier alpha value is 0.270. The first-order valence-corrected chi connectivity index (χ1v) is 10.1. The molecule has 0 aromatic heterocycles. The highest BCUT2D eigenvalue weighted by molar-refractivity contribution is 7.99. The van der Waals surface area contributed by atoms with Crippen molar-refractivity contribution < 1.29 is 4.74 Å².